The molecule has 1 heterocycles. The predicted octanol–water partition coefficient (Wildman–Crippen LogP) is 4.43. The standard InChI is InChI=1S/C21H27ClN2O5/c1-12-16(14-8-7-13(22)11-15(14)17(25)27-6)20(5,29-24-12)21(9-10-21)23-18(26)28-19(2,3)4/h7-8,11,16H,9-10H2,1-6H3,(H,23,26). The third-order valence-electron chi connectivity index (χ3n) is 5.52. The highest BCUT2D eigenvalue weighted by Crippen LogP contribution is 2.56. The van der Waals surface area contributed by atoms with E-state index in [1.807, 2.05) is 34.6 Å². The number of carbonyl (C=O) groups excluding carboxylic acids is 2. The lowest BCUT2D eigenvalue weighted by Crippen LogP contribution is -2.57. The van der Waals surface area contributed by atoms with Gasteiger partial charge in [0.15, 0.2) is 5.60 Å². The Balaban J connectivity index is 1.99. The van der Waals surface area contributed by atoms with Crippen LogP contribution in [0.25, 0.3) is 0 Å². The van der Waals surface area contributed by atoms with Crippen LogP contribution in [-0.4, -0.2) is 41.6 Å². The van der Waals surface area contributed by atoms with Gasteiger partial charge in [0.25, 0.3) is 0 Å². The molecule has 3 rings (SSSR count). The van der Waals surface area contributed by atoms with Crippen LogP contribution in [0.4, 0.5) is 4.79 Å². The second-order valence-corrected chi connectivity index (χ2v) is 9.23. The summed E-state index contributed by atoms with van der Waals surface area (Å²) in [6.45, 7) is 9.18. The molecule has 0 radical (unpaired) electrons. The summed E-state index contributed by atoms with van der Waals surface area (Å²) in [5, 5.41) is 7.65. The minimum Gasteiger partial charge on any atom is -0.465 e. The van der Waals surface area contributed by atoms with Crippen LogP contribution < -0.4 is 5.32 Å². The van der Waals surface area contributed by atoms with E-state index in [9.17, 15) is 9.59 Å². The minimum atomic E-state index is -0.898. The number of alkyl carbamates (subject to hydrolysis) is 1. The highest BCUT2D eigenvalue weighted by atomic mass is 35.5. The highest BCUT2D eigenvalue weighted by molar-refractivity contribution is 6.31. The zero-order valence-electron chi connectivity index (χ0n) is 17.6. The number of methoxy groups -OCH3 is 1. The lowest BCUT2D eigenvalue weighted by molar-refractivity contribution is -0.0542. The molecule has 2 aliphatic rings. The Kier molecular flexibility index (Phi) is 5.32. The van der Waals surface area contributed by atoms with E-state index in [1.54, 1.807) is 18.2 Å². The Morgan fingerprint density at radius 2 is 1.97 bits per heavy atom. The number of hydrogen-bond donors (Lipinski definition) is 1. The van der Waals surface area contributed by atoms with Crippen LogP contribution in [0.15, 0.2) is 23.4 Å². The van der Waals surface area contributed by atoms with Crippen LogP contribution in [0, 0.1) is 0 Å². The maximum atomic E-state index is 12.5. The van der Waals surface area contributed by atoms with Crippen molar-refractivity contribution >= 4 is 29.4 Å². The summed E-state index contributed by atoms with van der Waals surface area (Å²) in [6.07, 6.45) is 0.916. The number of rotatable bonds is 4. The number of amides is 1. The van der Waals surface area contributed by atoms with Gasteiger partial charge in [-0.1, -0.05) is 22.8 Å². The molecule has 2 unspecified atom stereocenters. The fourth-order valence-electron chi connectivity index (χ4n) is 3.99. The average Bonchev–Trinajstić information content (AvgIpc) is 3.33. The normalized spacial score (nSPS) is 24.9. The van der Waals surface area contributed by atoms with E-state index < -0.39 is 28.8 Å². The van der Waals surface area contributed by atoms with Gasteiger partial charge < -0.3 is 19.6 Å². The molecule has 8 heteroatoms. The molecule has 1 aromatic carbocycles. The molecular formula is C21H27ClN2O5. The summed E-state index contributed by atoms with van der Waals surface area (Å²) in [5.41, 5.74) is -0.419. The summed E-state index contributed by atoms with van der Waals surface area (Å²) in [6, 6.07) is 5.08. The lowest BCUT2D eigenvalue weighted by Gasteiger charge is -2.38. The topological polar surface area (TPSA) is 86.2 Å². The monoisotopic (exact) mass is 422 g/mol. The Bertz CT molecular complexity index is 872. The molecule has 1 aromatic rings. The number of halogens is 1. The molecule has 2 atom stereocenters. The summed E-state index contributed by atoms with van der Waals surface area (Å²) in [7, 11) is 1.32. The first-order valence-electron chi connectivity index (χ1n) is 9.54. The zero-order valence-corrected chi connectivity index (χ0v) is 18.3. The lowest BCUT2D eigenvalue weighted by atomic mass is 9.73. The van der Waals surface area contributed by atoms with E-state index >= 15 is 0 Å². The third kappa shape index (κ3) is 3.92. The van der Waals surface area contributed by atoms with Gasteiger partial charge >= 0.3 is 12.1 Å². The van der Waals surface area contributed by atoms with Gasteiger partial charge in [-0.05, 0) is 65.2 Å². The van der Waals surface area contributed by atoms with Crippen molar-refractivity contribution in [3.8, 4) is 0 Å². The summed E-state index contributed by atoms with van der Waals surface area (Å²) < 4.78 is 10.4. The molecule has 1 saturated carbocycles. The smallest absolute Gasteiger partial charge is 0.408 e. The highest BCUT2D eigenvalue weighted by Gasteiger charge is 2.67. The molecule has 1 aliphatic heterocycles. The van der Waals surface area contributed by atoms with Gasteiger partial charge in [0.2, 0.25) is 0 Å². The maximum absolute atomic E-state index is 12.5. The van der Waals surface area contributed by atoms with Crippen LogP contribution in [-0.2, 0) is 14.3 Å². The first-order valence-corrected chi connectivity index (χ1v) is 9.92. The first-order chi connectivity index (χ1) is 13.4. The van der Waals surface area contributed by atoms with Crippen LogP contribution in [0.3, 0.4) is 0 Å². The van der Waals surface area contributed by atoms with Crippen molar-refractivity contribution in [2.45, 2.75) is 70.1 Å². The van der Waals surface area contributed by atoms with Gasteiger partial charge in [-0.15, -0.1) is 0 Å². The fourth-order valence-corrected chi connectivity index (χ4v) is 4.16. The van der Waals surface area contributed by atoms with Crippen molar-refractivity contribution in [2.75, 3.05) is 7.11 Å². The number of oxime groups is 1. The van der Waals surface area contributed by atoms with E-state index in [-0.39, 0.29) is 5.92 Å². The Labute approximate surface area is 175 Å². The van der Waals surface area contributed by atoms with Gasteiger partial charge in [-0.2, -0.15) is 0 Å². The van der Waals surface area contributed by atoms with Crippen LogP contribution >= 0.6 is 11.6 Å². The van der Waals surface area contributed by atoms with Crippen molar-refractivity contribution in [1.82, 2.24) is 5.32 Å². The zero-order chi connectivity index (χ0) is 21.6. The van der Waals surface area contributed by atoms with Crippen molar-refractivity contribution < 1.29 is 23.9 Å². The van der Waals surface area contributed by atoms with Crippen LogP contribution in [0.2, 0.25) is 5.02 Å². The molecular weight excluding hydrogens is 396 g/mol. The molecule has 1 N–H and O–H groups in total. The van der Waals surface area contributed by atoms with Gasteiger partial charge in [-0.25, -0.2) is 9.59 Å². The van der Waals surface area contributed by atoms with Crippen molar-refractivity contribution in [3.63, 3.8) is 0 Å². The predicted molar refractivity (Wildman–Crippen MR) is 109 cm³/mol. The summed E-state index contributed by atoms with van der Waals surface area (Å²) in [5.74, 6) is -0.860. The Hall–Kier alpha value is -2.28. The van der Waals surface area contributed by atoms with Gasteiger partial charge in [0.1, 0.15) is 5.60 Å². The number of nitrogens with zero attached hydrogens (tertiary/aromatic N) is 1. The van der Waals surface area contributed by atoms with E-state index in [1.165, 1.54) is 7.11 Å². The summed E-state index contributed by atoms with van der Waals surface area (Å²) in [4.78, 5) is 30.8. The third-order valence-corrected chi connectivity index (χ3v) is 5.76. The second kappa shape index (κ2) is 7.20. The van der Waals surface area contributed by atoms with Crippen molar-refractivity contribution in [1.29, 1.82) is 0 Å². The molecule has 0 saturated heterocycles. The maximum Gasteiger partial charge on any atom is 0.408 e. The SMILES string of the molecule is COC(=O)c1cc(Cl)ccc1C1C(C)=NOC1(C)C1(NC(=O)OC(C)(C)C)CC1. The van der Waals surface area contributed by atoms with E-state index in [0.717, 1.165) is 0 Å². The van der Waals surface area contributed by atoms with Crippen LogP contribution in [0.1, 0.15) is 69.3 Å². The average molecular weight is 423 g/mol. The largest absolute Gasteiger partial charge is 0.465 e. The van der Waals surface area contributed by atoms with Gasteiger partial charge in [0, 0.05) is 5.02 Å². The molecule has 7 nitrogen and oxygen atoms in total. The molecule has 0 aromatic heterocycles. The van der Waals surface area contributed by atoms with Crippen molar-refractivity contribution in [2.24, 2.45) is 5.16 Å². The van der Waals surface area contributed by atoms with Gasteiger partial charge in [-0.3, -0.25) is 0 Å². The second-order valence-electron chi connectivity index (χ2n) is 8.80. The number of esters is 1. The number of benzene rings is 1. The molecule has 1 amide bonds. The van der Waals surface area contributed by atoms with E-state index in [2.05, 4.69) is 10.5 Å². The number of ether oxygens (including phenoxy) is 2. The number of hydrogen-bond acceptors (Lipinski definition) is 6. The first kappa shape index (κ1) is 21.4. The number of nitrogens with one attached hydrogen (secondary N) is 1. The molecule has 29 heavy (non-hydrogen) atoms. The quantitative estimate of drug-likeness (QED) is 0.725. The minimum absolute atomic E-state index is 0.351. The molecule has 1 fully saturated rings. The van der Waals surface area contributed by atoms with E-state index in [4.69, 9.17) is 25.9 Å². The summed E-state index contributed by atoms with van der Waals surface area (Å²) >= 11 is 6.12. The van der Waals surface area contributed by atoms with E-state index in [0.29, 0.717) is 34.7 Å². The molecule has 158 valence electrons. The Morgan fingerprint density at radius 1 is 1.31 bits per heavy atom. The van der Waals surface area contributed by atoms with Crippen molar-refractivity contribution in [3.05, 3.63) is 34.3 Å². The number of carbonyl (C=O) groups is 2. The van der Waals surface area contributed by atoms with Gasteiger partial charge in [0.05, 0.1) is 29.8 Å². The molecule has 0 spiro atoms. The molecule has 0 bridgehead atoms. The fraction of sp³-hybridized carbons (Fsp3) is 0.571. The van der Waals surface area contributed by atoms with Crippen LogP contribution in [0.5, 0.6) is 0 Å². The molecule has 1 aliphatic carbocycles. The Morgan fingerprint density at radius 3 is 2.52 bits per heavy atom.